The highest BCUT2D eigenvalue weighted by atomic mass is 79.9. The molecule has 0 heterocycles. The summed E-state index contributed by atoms with van der Waals surface area (Å²) in [5.41, 5.74) is -0.178. The van der Waals surface area contributed by atoms with Crippen LogP contribution in [0.3, 0.4) is 0 Å². The van der Waals surface area contributed by atoms with E-state index in [4.69, 9.17) is 5.11 Å². The Morgan fingerprint density at radius 3 is 2.57 bits per heavy atom. The van der Waals surface area contributed by atoms with Crippen LogP contribution in [-0.4, -0.2) is 16.0 Å². The van der Waals surface area contributed by atoms with Crippen molar-refractivity contribution in [3.63, 3.8) is 0 Å². The molecule has 0 spiro atoms. The van der Waals surface area contributed by atoms with Gasteiger partial charge in [-0.3, -0.25) is 10.1 Å². The van der Waals surface area contributed by atoms with Crippen LogP contribution < -0.4 is 5.32 Å². The zero-order chi connectivity index (χ0) is 15.6. The summed E-state index contributed by atoms with van der Waals surface area (Å²) in [6.07, 6.45) is 0. The molecule has 0 saturated heterocycles. The summed E-state index contributed by atoms with van der Waals surface area (Å²) in [7, 11) is 0. The number of anilines is 2. The smallest absolute Gasteiger partial charge is 0.338 e. The number of nitro benzene ring substituents is 1. The molecule has 21 heavy (non-hydrogen) atoms. The number of halogens is 2. The van der Waals surface area contributed by atoms with Gasteiger partial charge in [0.05, 0.1) is 21.9 Å². The predicted octanol–water partition coefficient (Wildman–Crippen LogP) is 3.94. The van der Waals surface area contributed by atoms with E-state index in [0.29, 0.717) is 10.2 Å². The maximum Gasteiger partial charge on any atom is 0.338 e. The minimum Gasteiger partial charge on any atom is -0.478 e. The first kappa shape index (κ1) is 14.9. The minimum absolute atomic E-state index is 0.124. The highest BCUT2D eigenvalue weighted by Crippen LogP contribution is 2.30. The molecule has 0 unspecified atom stereocenters. The van der Waals surface area contributed by atoms with Crippen molar-refractivity contribution in [1.29, 1.82) is 0 Å². The lowest BCUT2D eigenvalue weighted by atomic mass is 10.1. The molecule has 0 amide bonds. The Morgan fingerprint density at radius 2 is 1.95 bits per heavy atom. The molecule has 0 saturated carbocycles. The van der Waals surface area contributed by atoms with Gasteiger partial charge in [-0.25, -0.2) is 9.18 Å². The topological polar surface area (TPSA) is 92.5 Å². The number of benzene rings is 2. The molecule has 6 nitrogen and oxygen atoms in total. The van der Waals surface area contributed by atoms with Crippen LogP contribution in [0.2, 0.25) is 0 Å². The number of hydrogen-bond acceptors (Lipinski definition) is 4. The third kappa shape index (κ3) is 3.34. The molecular formula is C13H8BrFN2O4. The second kappa shape index (κ2) is 5.88. The van der Waals surface area contributed by atoms with Crippen LogP contribution in [0.5, 0.6) is 0 Å². The maximum absolute atomic E-state index is 13.2. The molecule has 108 valence electrons. The van der Waals surface area contributed by atoms with Crippen LogP contribution in [0.25, 0.3) is 0 Å². The summed E-state index contributed by atoms with van der Waals surface area (Å²) in [6.45, 7) is 0. The number of rotatable bonds is 4. The third-order valence-electron chi connectivity index (χ3n) is 2.64. The molecule has 2 aromatic rings. The molecule has 0 aliphatic rings. The molecule has 8 heteroatoms. The van der Waals surface area contributed by atoms with Gasteiger partial charge in [-0.2, -0.15) is 0 Å². The highest BCUT2D eigenvalue weighted by molar-refractivity contribution is 9.10. The van der Waals surface area contributed by atoms with Crippen molar-refractivity contribution in [3.8, 4) is 0 Å². The second-order valence-corrected chi connectivity index (χ2v) is 4.90. The molecule has 0 bridgehead atoms. The number of carboxylic acid groups (broad SMARTS) is 1. The van der Waals surface area contributed by atoms with Crippen LogP contribution in [0.15, 0.2) is 40.9 Å². The Bertz CT molecular complexity index is 736. The lowest BCUT2D eigenvalue weighted by Gasteiger charge is -2.11. The average molecular weight is 355 g/mol. The highest BCUT2D eigenvalue weighted by Gasteiger charge is 2.16. The predicted molar refractivity (Wildman–Crippen MR) is 77.4 cm³/mol. The summed E-state index contributed by atoms with van der Waals surface area (Å²) in [5.74, 6) is -1.83. The lowest BCUT2D eigenvalue weighted by Crippen LogP contribution is -2.04. The van der Waals surface area contributed by atoms with E-state index in [1.54, 1.807) is 0 Å². The first-order chi connectivity index (χ1) is 9.88. The van der Waals surface area contributed by atoms with Gasteiger partial charge in [-0.05, 0) is 40.2 Å². The fourth-order valence-corrected chi connectivity index (χ4v) is 2.02. The standard InChI is InChI=1S/C13H8BrFN2O4/c14-10-3-1-7(15)5-12(10)16-11-4-2-8(17(20)21)6-9(11)13(18)19/h1-6,16H,(H,18,19). The molecule has 2 rings (SSSR count). The van der Waals surface area contributed by atoms with Crippen molar-refractivity contribution in [3.05, 3.63) is 62.4 Å². The number of nitro groups is 1. The zero-order valence-corrected chi connectivity index (χ0v) is 11.9. The summed E-state index contributed by atoms with van der Waals surface area (Å²) in [5, 5.41) is 22.5. The first-order valence-corrected chi connectivity index (χ1v) is 6.41. The Balaban J connectivity index is 2.46. The van der Waals surface area contributed by atoms with E-state index in [2.05, 4.69) is 21.2 Å². The quantitative estimate of drug-likeness (QED) is 0.640. The number of non-ortho nitro benzene ring substituents is 1. The molecular weight excluding hydrogens is 347 g/mol. The van der Waals surface area contributed by atoms with E-state index < -0.39 is 16.7 Å². The number of aromatic carboxylic acids is 1. The fourth-order valence-electron chi connectivity index (χ4n) is 1.67. The molecule has 2 aromatic carbocycles. The van der Waals surface area contributed by atoms with Gasteiger partial charge < -0.3 is 10.4 Å². The van der Waals surface area contributed by atoms with Crippen molar-refractivity contribution < 1.29 is 19.2 Å². The fraction of sp³-hybridized carbons (Fsp3) is 0. The number of carbonyl (C=O) groups is 1. The number of carboxylic acids is 1. The largest absolute Gasteiger partial charge is 0.478 e. The molecule has 0 atom stereocenters. The van der Waals surface area contributed by atoms with E-state index in [9.17, 15) is 19.3 Å². The van der Waals surface area contributed by atoms with Crippen molar-refractivity contribution in [1.82, 2.24) is 0 Å². The molecule has 0 radical (unpaired) electrons. The van der Waals surface area contributed by atoms with Crippen LogP contribution in [0.4, 0.5) is 21.5 Å². The van der Waals surface area contributed by atoms with Gasteiger partial charge in [0, 0.05) is 16.6 Å². The Kier molecular flexibility index (Phi) is 4.18. The minimum atomic E-state index is -1.33. The third-order valence-corrected chi connectivity index (χ3v) is 3.33. The second-order valence-electron chi connectivity index (χ2n) is 4.04. The van der Waals surface area contributed by atoms with E-state index in [1.807, 2.05) is 0 Å². The molecule has 0 aromatic heterocycles. The van der Waals surface area contributed by atoms with Crippen LogP contribution in [0.1, 0.15) is 10.4 Å². The normalized spacial score (nSPS) is 10.2. The van der Waals surface area contributed by atoms with Crippen molar-refractivity contribution in [2.45, 2.75) is 0 Å². The summed E-state index contributed by atoms with van der Waals surface area (Å²) in [4.78, 5) is 21.2. The number of nitrogens with one attached hydrogen (secondary N) is 1. The Labute approximate surface area is 126 Å². The molecule has 0 fully saturated rings. The summed E-state index contributed by atoms with van der Waals surface area (Å²) < 4.78 is 13.7. The van der Waals surface area contributed by atoms with Crippen molar-refractivity contribution >= 4 is 39.0 Å². The Hall–Kier alpha value is -2.48. The molecule has 0 aliphatic heterocycles. The van der Waals surface area contributed by atoms with Crippen LogP contribution in [0, 0.1) is 15.9 Å². The van der Waals surface area contributed by atoms with Crippen molar-refractivity contribution in [2.24, 2.45) is 0 Å². The first-order valence-electron chi connectivity index (χ1n) is 5.62. The van der Waals surface area contributed by atoms with Gasteiger partial charge in [-0.1, -0.05) is 0 Å². The van der Waals surface area contributed by atoms with E-state index in [-0.39, 0.29) is 16.9 Å². The zero-order valence-electron chi connectivity index (χ0n) is 10.3. The van der Waals surface area contributed by atoms with E-state index in [1.165, 1.54) is 30.3 Å². The SMILES string of the molecule is O=C(O)c1cc([N+](=O)[O-])ccc1Nc1cc(F)ccc1Br. The van der Waals surface area contributed by atoms with Gasteiger partial charge in [0.15, 0.2) is 0 Å². The van der Waals surface area contributed by atoms with Gasteiger partial charge in [0.2, 0.25) is 0 Å². The lowest BCUT2D eigenvalue weighted by molar-refractivity contribution is -0.384. The Morgan fingerprint density at radius 1 is 1.24 bits per heavy atom. The monoisotopic (exact) mass is 354 g/mol. The van der Waals surface area contributed by atoms with Gasteiger partial charge in [0.1, 0.15) is 5.82 Å². The van der Waals surface area contributed by atoms with E-state index >= 15 is 0 Å². The average Bonchev–Trinajstić information content (AvgIpc) is 2.42. The van der Waals surface area contributed by atoms with Crippen molar-refractivity contribution in [2.75, 3.05) is 5.32 Å². The van der Waals surface area contributed by atoms with Crippen LogP contribution >= 0.6 is 15.9 Å². The van der Waals surface area contributed by atoms with E-state index in [0.717, 1.165) is 6.07 Å². The number of hydrogen-bond donors (Lipinski definition) is 2. The summed E-state index contributed by atoms with van der Waals surface area (Å²) >= 11 is 3.20. The van der Waals surface area contributed by atoms with Gasteiger partial charge >= 0.3 is 5.97 Å². The number of nitrogens with zero attached hydrogens (tertiary/aromatic N) is 1. The van der Waals surface area contributed by atoms with Crippen LogP contribution in [-0.2, 0) is 0 Å². The summed E-state index contributed by atoms with van der Waals surface area (Å²) in [6, 6.07) is 7.25. The maximum atomic E-state index is 13.2. The molecule has 0 aliphatic carbocycles. The molecule has 2 N–H and O–H groups in total. The van der Waals surface area contributed by atoms with Gasteiger partial charge in [0.25, 0.3) is 5.69 Å². The van der Waals surface area contributed by atoms with Gasteiger partial charge in [-0.15, -0.1) is 0 Å².